The second-order valence-corrected chi connectivity index (χ2v) is 5.14. The summed E-state index contributed by atoms with van der Waals surface area (Å²) in [6, 6.07) is 9.20. The topological polar surface area (TPSA) is 26.3 Å². The fourth-order valence-electron chi connectivity index (χ4n) is 1.61. The molecule has 5 heteroatoms. The van der Waals surface area contributed by atoms with Crippen LogP contribution in [0.4, 0.5) is 4.39 Å². The third-order valence-corrected chi connectivity index (χ3v) is 3.30. The fourth-order valence-corrected chi connectivity index (χ4v) is 2.37. The third-order valence-electron chi connectivity index (χ3n) is 2.44. The van der Waals surface area contributed by atoms with Crippen molar-refractivity contribution in [1.29, 1.82) is 0 Å². The minimum atomic E-state index is -0.602. The van der Waals surface area contributed by atoms with E-state index in [1.807, 2.05) is 0 Å². The van der Waals surface area contributed by atoms with Crippen LogP contribution in [0.5, 0.6) is 11.5 Å². The number of ketones is 1. The molecule has 0 aliphatic heterocycles. The molecule has 0 atom stereocenters. The van der Waals surface area contributed by atoms with Crippen molar-refractivity contribution in [3.63, 3.8) is 0 Å². The van der Waals surface area contributed by atoms with Gasteiger partial charge in [0.05, 0.1) is 10.0 Å². The number of benzene rings is 2. The van der Waals surface area contributed by atoms with Gasteiger partial charge in [0, 0.05) is 5.02 Å². The molecule has 98 valence electrons. The number of carbonyl (C=O) groups excluding carboxylic acids is 1. The van der Waals surface area contributed by atoms with Gasteiger partial charge in [0.25, 0.3) is 0 Å². The lowest BCUT2D eigenvalue weighted by Gasteiger charge is -2.11. The fraction of sp³-hybridized carbons (Fsp3) is 0.0714. The molecule has 0 fully saturated rings. The van der Waals surface area contributed by atoms with Crippen LogP contribution >= 0.6 is 27.5 Å². The molecule has 0 N–H and O–H groups in total. The lowest BCUT2D eigenvalue weighted by Crippen LogP contribution is -2.01. The molecule has 0 aromatic heterocycles. The SMILES string of the molecule is CC(=O)c1c(F)cccc1Oc1ccc(Cl)cc1Br. The summed E-state index contributed by atoms with van der Waals surface area (Å²) < 4.78 is 19.8. The van der Waals surface area contributed by atoms with Gasteiger partial charge >= 0.3 is 0 Å². The lowest BCUT2D eigenvalue weighted by molar-refractivity contribution is 0.101. The summed E-state index contributed by atoms with van der Waals surface area (Å²) in [5.41, 5.74) is -0.0654. The molecule has 2 nitrogen and oxygen atoms in total. The average molecular weight is 344 g/mol. The average Bonchev–Trinajstić information content (AvgIpc) is 2.32. The Morgan fingerprint density at radius 2 is 2.00 bits per heavy atom. The third kappa shape index (κ3) is 3.14. The summed E-state index contributed by atoms with van der Waals surface area (Å²) in [6.45, 7) is 1.29. The number of carbonyl (C=O) groups is 1. The molecule has 0 radical (unpaired) electrons. The van der Waals surface area contributed by atoms with E-state index in [9.17, 15) is 9.18 Å². The standard InChI is InChI=1S/C14H9BrClFO2/c1-8(18)14-11(17)3-2-4-13(14)19-12-6-5-9(16)7-10(12)15/h2-7H,1H3. The molecule has 2 aromatic rings. The van der Waals surface area contributed by atoms with Crippen molar-refractivity contribution in [1.82, 2.24) is 0 Å². The van der Waals surface area contributed by atoms with E-state index in [-0.39, 0.29) is 11.3 Å². The molecular weight excluding hydrogens is 335 g/mol. The molecule has 0 aliphatic carbocycles. The van der Waals surface area contributed by atoms with E-state index in [4.69, 9.17) is 16.3 Å². The molecular formula is C14H9BrClFO2. The van der Waals surface area contributed by atoms with Gasteiger partial charge in [-0.2, -0.15) is 0 Å². The Labute approximate surface area is 123 Å². The normalized spacial score (nSPS) is 10.3. The van der Waals surface area contributed by atoms with E-state index in [2.05, 4.69) is 15.9 Å². The van der Waals surface area contributed by atoms with Gasteiger partial charge in [0.2, 0.25) is 0 Å². The monoisotopic (exact) mass is 342 g/mol. The highest BCUT2D eigenvalue weighted by Gasteiger charge is 2.15. The van der Waals surface area contributed by atoms with Crippen LogP contribution in [0.1, 0.15) is 17.3 Å². The van der Waals surface area contributed by atoms with Gasteiger partial charge in [-0.15, -0.1) is 0 Å². The van der Waals surface area contributed by atoms with Crippen molar-refractivity contribution in [3.8, 4) is 11.5 Å². The largest absolute Gasteiger partial charge is 0.455 e. The highest BCUT2D eigenvalue weighted by atomic mass is 79.9. The molecule has 0 unspecified atom stereocenters. The zero-order chi connectivity index (χ0) is 14.0. The Morgan fingerprint density at radius 3 is 2.63 bits per heavy atom. The van der Waals surface area contributed by atoms with Crippen molar-refractivity contribution < 1.29 is 13.9 Å². The minimum absolute atomic E-state index is 0.0654. The zero-order valence-electron chi connectivity index (χ0n) is 9.91. The van der Waals surface area contributed by atoms with Crippen molar-refractivity contribution in [2.24, 2.45) is 0 Å². The molecule has 0 saturated heterocycles. The molecule has 0 bridgehead atoms. The van der Waals surface area contributed by atoms with Crippen LogP contribution in [0.2, 0.25) is 5.02 Å². The summed E-state index contributed by atoms with van der Waals surface area (Å²) in [6.07, 6.45) is 0. The Bertz CT molecular complexity index is 643. The molecule has 0 spiro atoms. The van der Waals surface area contributed by atoms with E-state index >= 15 is 0 Å². The van der Waals surface area contributed by atoms with Crippen LogP contribution in [0.25, 0.3) is 0 Å². The van der Waals surface area contributed by atoms with E-state index in [0.717, 1.165) is 0 Å². The van der Waals surface area contributed by atoms with Crippen LogP contribution in [-0.2, 0) is 0 Å². The highest BCUT2D eigenvalue weighted by molar-refractivity contribution is 9.10. The van der Waals surface area contributed by atoms with Crippen LogP contribution in [0.15, 0.2) is 40.9 Å². The molecule has 2 aromatic carbocycles. The first kappa shape index (κ1) is 14.0. The van der Waals surface area contributed by atoms with E-state index < -0.39 is 11.6 Å². The number of Topliss-reactive ketones (excluding diaryl/α,β-unsaturated/α-hetero) is 1. The second kappa shape index (κ2) is 5.72. The van der Waals surface area contributed by atoms with Gasteiger partial charge in [0.15, 0.2) is 5.78 Å². The van der Waals surface area contributed by atoms with Gasteiger partial charge in [-0.3, -0.25) is 4.79 Å². The van der Waals surface area contributed by atoms with Gasteiger partial charge in [-0.25, -0.2) is 4.39 Å². The van der Waals surface area contributed by atoms with Crippen molar-refractivity contribution in [2.45, 2.75) is 6.92 Å². The van der Waals surface area contributed by atoms with Crippen LogP contribution in [0.3, 0.4) is 0 Å². The first-order valence-electron chi connectivity index (χ1n) is 5.41. The van der Waals surface area contributed by atoms with Gasteiger partial charge < -0.3 is 4.74 Å². The summed E-state index contributed by atoms with van der Waals surface area (Å²) in [5.74, 6) is -0.360. The molecule has 0 heterocycles. The second-order valence-electron chi connectivity index (χ2n) is 3.85. The predicted octanol–water partition coefficient (Wildman–Crippen LogP) is 5.24. The maximum absolute atomic E-state index is 13.6. The quantitative estimate of drug-likeness (QED) is 0.713. The predicted molar refractivity (Wildman–Crippen MR) is 75.6 cm³/mol. The number of hydrogen-bond acceptors (Lipinski definition) is 2. The van der Waals surface area contributed by atoms with Gasteiger partial charge in [-0.05, 0) is 53.2 Å². The van der Waals surface area contributed by atoms with E-state index in [1.165, 1.54) is 19.1 Å². The van der Waals surface area contributed by atoms with Crippen LogP contribution < -0.4 is 4.74 Å². The Hall–Kier alpha value is -1.39. The highest BCUT2D eigenvalue weighted by Crippen LogP contribution is 2.34. The van der Waals surface area contributed by atoms with Crippen LogP contribution in [0, 0.1) is 5.82 Å². The van der Waals surface area contributed by atoms with Crippen LogP contribution in [-0.4, -0.2) is 5.78 Å². The molecule has 0 saturated carbocycles. The molecule has 0 amide bonds. The van der Waals surface area contributed by atoms with Crippen molar-refractivity contribution in [3.05, 3.63) is 57.3 Å². The Morgan fingerprint density at radius 1 is 1.26 bits per heavy atom. The first-order chi connectivity index (χ1) is 8.99. The summed E-state index contributed by atoms with van der Waals surface area (Å²) in [4.78, 5) is 11.5. The number of halogens is 3. The van der Waals surface area contributed by atoms with Gasteiger partial charge in [0.1, 0.15) is 17.3 Å². The minimum Gasteiger partial charge on any atom is -0.455 e. The number of rotatable bonds is 3. The maximum atomic E-state index is 13.6. The maximum Gasteiger partial charge on any atom is 0.166 e. The summed E-state index contributed by atoms with van der Waals surface area (Å²) in [5, 5.41) is 0.547. The van der Waals surface area contributed by atoms with Crippen molar-refractivity contribution in [2.75, 3.05) is 0 Å². The number of ether oxygens (including phenoxy) is 1. The molecule has 0 aliphatic rings. The molecule has 2 rings (SSSR count). The molecule has 19 heavy (non-hydrogen) atoms. The smallest absolute Gasteiger partial charge is 0.166 e. The zero-order valence-corrected chi connectivity index (χ0v) is 12.3. The van der Waals surface area contributed by atoms with E-state index in [1.54, 1.807) is 24.3 Å². The number of hydrogen-bond donors (Lipinski definition) is 0. The first-order valence-corrected chi connectivity index (χ1v) is 6.58. The summed E-state index contributed by atoms with van der Waals surface area (Å²) in [7, 11) is 0. The van der Waals surface area contributed by atoms with E-state index in [0.29, 0.717) is 15.2 Å². The Balaban J connectivity index is 2.44. The van der Waals surface area contributed by atoms with Gasteiger partial charge in [-0.1, -0.05) is 17.7 Å². The summed E-state index contributed by atoms with van der Waals surface area (Å²) >= 11 is 9.12. The lowest BCUT2D eigenvalue weighted by atomic mass is 10.1. The van der Waals surface area contributed by atoms with Crippen molar-refractivity contribution >= 4 is 33.3 Å². The Kier molecular flexibility index (Phi) is 4.22.